The number of benzene rings is 1. The van der Waals surface area contributed by atoms with E-state index in [4.69, 9.17) is 0 Å². The fourth-order valence-electron chi connectivity index (χ4n) is 4.49. The lowest BCUT2D eigenvalue weighted by Crippen LogP contribution is -2.19. The van der Waals surface area contributed by atoms with Crippen molar-refractivity contribution in [2.75, 3.05) is 5.32 Å². The topological polar surface area (TPSA) is 46.9 Å². The van der Waals surface area contributed by atoms with E-state index in [0.29, 0.717) is 11.0 Å². The molecule has 4 heteroatoms. The van der Waals surface area contributed by atoms with E-state index in [1.807, 2.05) is 26.1 Å². The summed E-state index contributed by atoms with van der Waals surface area (Å²) in [6, 6.07) is 8.28. The van der Waals surface area contributed by atoms with E-state index in [2.05, 4.69) is 36.4 Å². The third-order valence-electron chi connectivity index (χ3n) is 6.36. The minimum Gasteiger partial charge on any atom is -0.322 e. The van der Waals surface area contributed by atoms with Gasteiger partial charge in [-0.2, -0.15) is 5.10 Å². The maximum atomic E-state index is 12.7. The average molecular weight is 323 g/mol. The van der Waals surface area contributed by atoms with Gasteiger partial charge in [0.25, 0.3) is 5.91 Å². The van der Waals surface area contributed by atoms with Crippen molar-refractivity contribution in [3.8, 4) is 0 Å². The Hall–Kier alpha value is -2.10. The van der Waals surface area contributed by atoms with Crippen molar-refractivity contribution in [2.24, 2.45) is 18.4 Å². The molecule has 2 aliphatic carbocycles. The van der Waals surface area contributed by atoms with Crippen LogP contribution in [0.4, 0.5) is 5.69 Å². The Bertz CT molecular complexity index is 820. The van der Waals surface area contributed by atoms with E-state index in [1.54, 1.807) is 10.9 Å². The van der Waals surface area contributed by atoms with Gasteiger partial charge in [-0.05, 0) is 49.1 Å². The van der Waals surface area contributed by atoms with Crippen LogP contribution in [0.2, 0.25) is 0 Å². The summed E-state index contributed by atoms with van der Waals surface area (Å²) in [6.45, 7) is 6.63. The Labute approximate surface area is 143 Å². The minimum absolute atomic E-state index is 0.0783. The number of amides is 1. The van der Waals surface area contributed by atoms with Gasteiger partial charge in [0.2, 0.25) is 0 Å². The molecule has 0 aliphatic heterocycles. The zero-order valence-electron chi connectivity index (χ0n) is 14.9. The number of hydrogen-bond acceptors (Lipinski definition) is 2. The SMILES string of the molecule is Cc1nn(C)cc1C(=O)Nc1ccccc1[C@@]1(C)CC1(C)C1CC1. The number of carbonyl (C=O) groups excluding carboxylic acids is 1. The van der Waals surface area contributed by atoms with Gasteiger partial charge in [-0.15, -0.1) is 0 Å². The molecule has 2 atom stereocenters. The molecule has 1 aromatic carbocycles. The Morgan fingerprint density at radius 2 is 2.00 bits per heavy atom. The molecule has 2 aliphatic rings. The zero-order valence-corrected chi connectivity index (χ0v) is 14.9. The van der Waals surface area contributed by atoms with Crippen molar-refractivity contribution >= 4 is 11.6 Å². The summed E-state index contributed by atoms with van der Waals surface area (Å²) in [6.07, 6.45) is 5.70. The van der Waals surface area contributed by atoms with Gasteiger partial charge in [0.15, 0.2) is 0 Å². The van der Waals surface area contributed by atoms with Gasteiger partial charge in [-0.25, -0.2) is 0 Å². The maximum Gasteiger partial charge on any atom is 0.259 e. The van der Waals surface area contributed by atoms with Gasteiger partial charge in [0.05, 0.1) is 11.3 Å². The Morgan fingerprint density at radius 1 is 1.29 bits per heavy atom. The third-order valence-corrected chi connectivity index (χ3v) is 6.36. The monoisotopic (exact) mass is 323 g/mol. The second kappa shape index (κ2) is 4.95. The number of hydrogen-bond donors (Lipinski definition) is 1. The zero-order chi connectivity index (χ0) is 17.1. The van der Waals surface area contributed by atoms with Crippen LogP contribution >= 0.6 is 0 Å². The van der Waals surface area contributed by atoms with Crippen LogP contribution in [0.1, 0.15) is 54.7 Å². The summed E-state index contributed by atoms with van der Waals surface area (Å²) < 4.78 is 1.68. The Balaban J connectivity index is 1.63. The van der Waals surface area contributed by atoms with Gasteiger partial charge in [0, 0.05) is 24.3 Å². The molecular weight excluding hydrogens is 298 g/mol. The highest BCUT2D eigenvalue weighted by molar-refractivity contribution is 6.05. The number of nitrogens with zero attached hydrogens (tertiary/aromatic N) is 2. The highest BCUT2D eigenvalue weighted by Gasteiger charge is 2.67. The summed E-state index contributed by atoms with van der Waals surface area (Å²) >= 11 is 0. The molecule has 1 unspecified atom stereocenters. The van der Waals surface area contributed by atoms with Crippen LogP contribution in [-0.2, 0) is 12.5 Å². The first kappa shape index (κ1) is 15.4. The van der Waals surface area contributed by atoms with Crippen LogP contribution in [0.15, 0.2) is 30.5 Å². The first-order valence-electron chi connectivity index (χ1n) is 8.76. The molecule has 0 radical (unpaired) electrons. The summed E-state index contributed by atoms with van der Waals surface area (Å²) in [4.78, 5) is 12.7. The lowest BCUT2D eigenvalue weighted by molar-refractivity contribution is 0.102. The first-order valence-corrected chi connectivity index (χ1v) is 8.76. The molecule has 1 N–H and O–H groups in total. The molecule has 4 rings (SSSR count). The molecule has 1 amide bonds. The van der Waals surface area contributed by atoms with Crippen molar-refractivity contribution in [3.05, 3.63) is 47.3 Å². The molecule has 1 heterocycles. The maximum absolute atomic E-state index is 12.7. The summed E-state index contributed by atoms with van der Waals surface area (Å²) in [5.74, 6) is 0.775. The Kier molecular flexibility index (Phi) is 3.18. The van der Waals surface area contributed by atoms with Crippen LogP contribution in [0.5, 0.6) is 0 Å². The van der Waals surface area contributed by atoms with Crippen LogP contribution in [0, 0.1) is 18.3 Å². The molecule has 0 saturated heterocycles. The van der Waals surface area contributed by atoms with E-state index in [-0.39, 0.29) is 11.3 Å². The standard InChI is InChI=1S/C20H25N3O/c1-13-15(11-23(4)22-13)18(24)21-17-8-6-5-7-16(17)20(3)12-19(20,2)14-9-10-14/h5-8,11,14H,9-10,12H2,1-4H3,(H,21,24)/t19?,20-/m1/s1. The predicted molar refractivity (Wildman–Crippen MR) is 95.1 cm³/mol. The van der Waals surface area contributed by atoms with Crippen LogP contribution in [0.3, 0.4) is 0 Å². The molecule has 1 aromatic heterocycles. The smallest absolute Gasteiger partial charge is 0.259 e. The van der Waals surface area contributed by atoms with Crippen LogP contribution in [0.25, 0.3) is 0 Å². The van der Waals surface area contributed by atoms with Gasteiger partial charge >= 0.3 is 0 Å². The van der Waals surface area contributed by atoms with E-state index < -0.39 is 0 Å². The number of carbonyl (C=O) groups is 1. The van der Waals surface area contributed by atoms with Gasteiger partial charge in [-0.3, -0.25) is 9.48 Å². The summed E-state index contributed by atoms with van der Waals surface area (Å²) in [7, 11) is 1.84. The molecule has 126 valence electrons. The molecule has 0 spiro atoms. The predicted octanol–water partition coefficient (Wildman–Crippen LogP) is 4.06. The third kappa shape index (κ3) is 2.20. The van der Waals surface area contributed by atoms with Crippen molar-refractivity contribution in [2.45, 2.75) is 45.4 Å². The molecule has 24 heavy (non-hydrogen) atoms. The number of aryl methyl sites for hydroxylation is 2. The second-order valence-corrected chi connectivity index (χ2v) is 8.00. The molecule has 2 saturated carbocycles. The first-order chi connectivity index (χ1) is 11.3. The Morgan fingerprint density at radius 3 is 2.62 bits per heavy atom. The van der Waals surface area contributed by atoms with Crippen molar-refractivity contribution in [1.29, 1.82) is 0 Å². The lowest BCUT2D eigenvalue weighted by atomic mass is 9.84. The number of rotatable bonds is 4. The average Bonchev–Trinajstić information content (AvgIpc) is 3.42. The molecule has 2 aromatic rings. The normalized spacial score (nSPS) is 28.7. The second-order valence-electron chi connectivity index (χ2n) is 8.00. The van der Waals surface area contributed by atoms with Gasteiger partial charge < -0.3 is 5.32 Å². The lowest BCUT2D eigenvalue weighted by Gasteiger charge is -2.22. The fraction of sp³-hybridized carbons (Fsp3) is 0.500. The van der Waals surface area contributed by atoms with E-state index in [0.717, 1.165) is 17.3 Å². The number of anilines is 1. The summed E-state index contributed by atoms with van der Waals surface area (Å²) in [5.41, 5.74) is 4.16. The van der Waals surface area contributed by atoms with E-state index >= 15 is 0 Å². The highest BCUT2D eigenvalue weighted by atomic mass is 16.1. The van der Waals surface area contributed by atoms with Crippen molar-refractivity contribution < 1.29 is 4.79 Å². The molecule has 2 fully saturated rings. The number of aromatic nitrogens is 2. The van der Waals surface area contributed by atoms with Crippen LogP contribution < -0.4 is 5.32 Å². The van der Waals surface area contributed by atoms with Crippen molar-refractivity contribution in [3.63, 3.8) is 0 Å². The van der Waals surface area contributed by atoms with Crippen molar-refractivity contribution in [1.82, 2.24) is 9.78 Å². The van der Waals surface area contributed by atoms with E-state index in [1.165, 1.54) is 24.8 Å². The molecule has 4 nitrogen and oxygen atoms in total. The minimum atomic E-state index is -0.0783. The van der Waals surface area contributed by atoms with E-state index in [9.17, 15) is 4.79 Å². The van der Waals surface area contributed by atoms with Gasteiger partial charge in [0.1, 0.15) is 0 Å². The van der Waals surface area contributed by atoms with Gasteiger partial charge in [-0.1, -0.05) is 32.0 Å². The molecule has 0 bridgehead atoms. The van der Waals surface area contributed by atoms with Crippen LogP contribution in [-0.4, -0.2) is 15.7 Å². The highest BCUT2D eigenvalue weighted by Crippen LogP contribution is 2.73. The fourth-order valence-corrected chi connectivity index (χ4v) is 4.49. The molecular formula is C20H25N3O. The number of para-hydroxylation sites is 1. The number of nitrogens with one attached hydrogen (secondary N) is 1. The summed E-state index contributed by atoms with van der Waals surface area (Å²) in [5, 5.41) is 7.40. The largest absolute Gasteiger partial charge is 0.322 e. The quantitative estimate of drug-likeness (QED) is 0.922.